The van der Waals surface area contributed by atoms with E-state index < -0.39 is 0 Å². The van der Waals surface area contributed by atoms with Crippen molar-refractivity contribution in [2.24, 2.45) is 0 Å². The van der Waals surface area contributed by atoms with Gasteiger partial charge in [-0.05, 0) is 24.6 Å². The maximum atomic E-state index is 4.30. The van der Waals surface area contributed by atoms with Gasteiger partial charge < -0.3 is 10.3 Å². The molecule has 0 fully saturated rings. The molecule has 0 radical (unpaired) electrons. The highest BCUT2D eigenvalue weighted by molar-refractivity contribution is 5.29. The number of imidazole rings is 1. The Kier molecular flexibility index (Phi) is 3.94. The summed E-state index contributed by atoms with van der Waals surface area (Å²) in [6.07, 6.45) is 4.57. The highest BCUT2D eigenvalue weighted by Gasteiger charge is 2.13. The van der Waals surface area contributed by atoms with Crippen LogP contribution in [-0.2, 0) is 6.42 Å². The highest BCUT2D eigenvalue weighted by atomic mass is 14.9. The summed E-state index contributed by atoms with van der Waals surface area (Å²) < 4.78 is 0. The Labute approximate surface area is 102 Å². The van der Waals surface area contributed by atoms with E-state index in [9.17, 15) is 0 Å². The second-order valence-corrected chi connectivity index (χ2v) is 4.21. The molecule has 0 aliphatic heterocycles. The molecule has 2 aromatic rings. The summed E-state index contributed by atoms with van der Waals surface area (Å²) in [5, 5.41) is 3.52. The van der Waals surface area contributed by atoms with Crippen LogP contribution in [0, 0.1) is 6.92 Å². The number of aryl methyl sites for hydroxylation is 1. The molecule has 1 atom stereocenters. The van der Waals surface area contributed by atoms with Gasteiger partial charge in [0.25, 0.3) is 0 Å². The topological polar surface area (TPSA) is 40.7 Å². The minimum absolute atomic E-state index is 0.326. The van der Waals surface area contributed by atoms with Crippen LogP contribution in [0.1, 0.15) is 29.9 Å². The van der Waals surface area contributed by atoms with Crippen molar-refractivity contribution in [1.82, 2.24) is 15.3 Å². The molecule has 0 saturated heterocycles. The van der Waals surface area contributed by atoms with Crippen molar-refractivity contribution in [3.63, 3.8) is 0 Å². The van der Waals surface area contributed by atoms with Crippen molar-refractivity contribution in [2.75, 3.05) is 6.54 Å². The van der Waals surface area contributed by atoms with E-state index >= 15 is 0 Å². The van der Waals surface area contributed by atoms with Crippen LogP contribution in [0.25, 0.3) is 0 Å². The molecule has 2 rings (SSSR count). The molecule has 0 aliphatic carbocycles. The van der Waals surface area contributed by atoms with E-state index in [1.807, 2.05) is 6.20 Å². The molecular weight excluding hydrogens is 210 g/mol. The maximum Gasteiger partial charge on any atom is 0.107 e. The summed E-state index contributed by atoms with van der Waals surface area (Å²) in [5.74, 6) is 1.03. The Morgan fingerprint density at radius 1 is 1.35 bits per heavy atom. The smallest absolute Gasteiger partial charge is 0.107 e. The van der Waals surface area contributed by atoms with Gasteiger partial charge in [0.15, 0.2) is 0 Å². The van der Waals surface area contributed by atoms with Gasteiger partial charge in [0.05, 0.1) is 0 Å². The molecule has 0 amide bonds. The molecule has 0 saturated carbocycles. The van der Waals surface area contributed by atoms with Crippen molar-refractivity contribution >= 4 is 0 Å². The molecule has 1 aromatic heterocycles. The summed E-state index contributed by atoms with van der Waals surface area (Å²) in [6.45, 7) is 5.24. The van der Waals surface area contributed by atoms with Gasteiger partial charge in [-0.15, -0.1) is 0 Å². The van der Waals surface area contributed by atoms with E-state index in [1.165, 1.54) is 11.1 Å². The van der Waals surface area contributed by atoms with Gasteiger partial charge in [-0.25, -0.2) is 4.98 Å². The SMILES string of the molecule is CCNC(Cc1ncc[nH]1)c1ccccc1C. The van der Waals surface area contributed by atoms with E-state index in [0.717, 1.165) is 18.8 Å². The van der Waals surface area contributed by atoms with Gasteiger partial charge in [-0.2, -0.15) is 0 Å². The fourth-order valence-corrected chi connectivity index (χ4v) is 2.12. The van der Waals surface area contributed by atoms with Crippen molar-refractivity contribution < 1.29 is 0 Å². The fraction of sp³-hybridized carbons (Fsp3) is 0.357. The summed E-state index contributed by atoms with van der Waals surface area (Å²) in [5.41, 5.74) is 2.68. The zero-order valence-electron chi connectivity index (χ0n) is 10.4. The van der Waals surface area contributed by atoms with Gasteiger partial charge in [-0.1, -0.05) is 31.2 Å². The monoisotopic (exact) mass is 229 g/mol. The average molecular weight is 229 g/mol. The van der Waals surface area contributed by atoms with Crippen molar-refractivity contribution in [1.29, 1.82) is 0 Å². The Morgan fingerprint density at radius 2 is 2.18 bits per heavy atom. The van der Waals surface area contributed by atoms with Gasteiger partial charge in [0.1, 0.15) is 5.82 Å². The number of aromatic amines is 1. The number of benzene rings is 1. The predicted octanol–water partition coefficient (Wildman–Crippen LogP) is 2.61. The van der Waals surface area contributed by atoms with E-state index in [-0.39, 0.29) is 0 Å². The lowest BCUT2D eigenvalue weighted by Gasteiger charge is -2.19. The zero-order valence-corrected chi connectivity index (χ0v) is 10.4. The van der Waals surface area contributed by atoms with Crippen molar-refractivity contribution in [3.05, 3.63) is 53.6 Å². The Bertz CT molecular complexity index is 448. The third-order valence-corrected chi connectivity index (χ3v) is 2.97. The lowest BCUT2D eigenvalue weighted by Crippen LogP contribution is -2.24. The molecule has 3 nitrogen and oxygen atoms in total. The van der Waals surface area contributed by atoms with Crippen LogP contribution >= 0.6 is 0 Å². The summed E-state index contributed by atoms with van der Waals surface area (Å²) in [6, 6.07) is 8.84. The molecule has 1 unspecified atom stereocenters. The first-order chi connectivity index (χ1) is 8.31. The molecule has 90 valence electrons. The quantitative estimate of drug-likeness (QED) is 0.827. The first-order valence-electron chi connectivity index (χ1n) is 6.08. The minimum atomic E-state index is 0.326. The van der Waals surface area contributed by atoms with E-state index in [4.69, 9.17) is 0 Å². The van der Waals surface area contributed by atoms with Crippen LogP contribution < -0.4 is 5.32 Å². The molecular formula is C14H19N3. The molecule has 2 N–H and O–H groups in total. The molecule has 17 heavy (non-hydrogen) atoms. The van der Waals surface area contributed by atoms with Crippen LogP contribution in [0.4, 0.5) is 0 Å². The Balaban J connectivity index is 2.20. The molecule has 0 aliphatic rings. The summed E-state index contributed by atoms with van der Waals surface area (Å²) in [4.78, 5) is 7.46. The first-order valence-corrected chi connectivity index (χ1v) is 6.08. The Morgan fingerprint density at radius 3 is 2.82 bits per heavy atom. The van der Waals surface area contributed by atoms with E-state index in [1.54, 1.807) is 6.20 Å². The Hall–Kier alpha value is -1.61. The molecule has 0 spiro atoms. The van der Waals surface area contributed by atoms with E-state index in [0.29, 0.717) is 6.04 Å². The number of likely N-dealkylation sites (N-methyl/N-ethyl adjacent to an activating group) is 1. The van der Waals surface area contributed by atoms with Crippen LogP contribution in [-0.4, -0.2) is 16.5 Å². The first kappa shape index (κ1) is 11.9. The number of nitrogens with zero attached hydrogens (tertiary/aromatic N) is 1. The number of H-pyrrole nitrogens is 1. The van der Waals surface area contributed by atoms with Crippen LogP contribution in [0.5, 0.6) is 0 Å². The number of hydrogen-bond acceptors (Lipinski definition) is 2. The minimum Gasteiger partial charge on any atom is -0.349 e. The summed E-state index contributed by atoms with van der Waals surface area (Å²) in [7, 11) is 0. The standard InChI is InChI=1S/C14H19N3/c1-3-15-13(10-14-16-8-9-17-14)12-7-5-4-6-11(12)2/h4-9,13,15H,3,10H2,1-2H3,(H,16,17). The average Bonchev–Trinajstić information content (AvgIpc) is 2.82. The van der Waals surface area contributed by atoms with Crippen LogP contribution in [0.3, 0.4) is 0 Å². The molecule has 3 heteroatoms. The second kappa shape index (κ2) is 5.64. The normalized spacial score (nSPS) is 12.6. The van der Waals surface area contributed by atoms with Gasteiger partial charge in [-0.3, -0.25) is 0 Å². The van der Waals surface area contributed by atoms with Gasteiger partial charge in [0.2, 0.25) is 0 Å². The number of rotatable bonds is 5. The van der Waals surface area contributed by atoms with Gasteiger partial charge >= 0.3 is 0 Å². The lowest BCUT2D eigenvalue weighted by atomic mass is 9.98. The van der Waals surface area contributed by atoms with Crippen molar-refractivity contribution in [2.45, 2.75) is 26.3 Å². The second-order valence-electron chi connectivity index (χ2n) is 4.21. The third-order valence-electron chi connectivity index (χ3n) is 2.97. The number of hydrogen-bond donors (Lipinski definition) is 2. The number of nitrogens with one attached hydrogen (secondary N) is 2. The highest BCUT2D eigenvalue weighted by Crippen LogP contribution is 2.20. The zero-order chi connectivity index (χ0) is 12.1. The van der Waals surface area contributed by atoms with Crippen molar-refractivity contribution in [3.8, 4) is 0 Å². The fourth-order valence-electron chi connectivity index (χ4n) is 2.12. The van der Waals surface area contributed by atoms with E-state index in [2.05, 4.69) is 53.4 Å². The third kappa shape index (κ3) is 2.94. The predicted molar refractivity (Wildman–Crippen MR) is 69.9 cm³/mol. The van der Waals surface area contributed by atoms with Gasteiger partial charge in [0, 0.05) is 24.9 Å². The van der Waals surface area contributed by atoms with Crippen LogP contribution in [0.15, 0.2) is 36.7 Å². The molecule has 1 aromatic carbocycles. The molecule has 0 bridgehead atoms. The molecule has 1 heterocycles. The maximum absolute atomic E-state index is 4.30. The number of aromatic nitrogens is 2. The van der Waals surface area contributed by atoms with Crippen LogP contribution in [0.2, 0.25) is 0 Å². The lowest BCUT2D eigenvalue weighted by molar-refractivity contribution is 0.537. The summed E-state index contributed by atoms with van der Waals surface area (Å²) >= 11 is 0. The largest absolute Gasteiger partial charge is 0.349 e.